The van der Waals surface area contributed by atoms with Crippen LogP contribution in [-0.2, 0) is 4.79 Å². The summed E-state index contributed by atoms with van der Waals surface area (Å²) in [5, 5.41) is 6.73. The van der Waals surface area contributed by atoms with Gasteiger partial charge in [0, 0.05) is 22.5 Å². The first-order valence-electron chi connectivity index (χ1n) is 6.43. The molecule has 0 aliphatic carbocycles. The second kappa shape index (κ2) is 6.43. The molecule has 2 rings (SSSR count). The predicted octanol–water partition coefficient (Wildman–Crippen LogP) is 2.08. The first-order chi connectivity index (χ1) is 9.60. The number of rotatable bonds is 5. The number of nitrogens with one attached hydrogen (secondary N) is 3. The fourth-order valence-electron chi connectivity index (χ4n) is 1.81. The summed E-state index contributed by atoms with van der Waals surface area (Å²) < 4.78 is 0. The van der Waals surface area contributed by atoms with E-state index in [0.717, 1.165) is 17.3 Å². The zero-order valence-corrected chi connectivity index (χ0v) is 11.9. The standard InChI is InChI=1S/C14H16ClN3O2/c1-2-5-16-13(19)8-17-14(20)12-7-9-6-10(15)3-4-11(9)18-12/h3-4,6-7,18H,2,5,8H2,1H3,(H,16,19)(H,17,20). The zero-order chi connectivity index (χ0) is 14.5. The van der Waals surface area contributed by atoms with Crippen molar-refractivity contribution in [2.45, 2.75) is 13.3 Å². The average Bonchev–Trinajstić information content (AvgIpc) is 2.85. The highest BCUT2D eigenvalue weighted by molar-refractivity contribution is 6.31. The van der Waals surface area contributed by atoms with Crippen molar-refractivity contribution in [1.82, 2.24) is 15.6 Å². The van der Waals surface area contributed by atoms with Gasteiger partial charge in [-0.05, 0) is 30.7 Å². The van der Waals surface area contributed by atoms with Crippen LogP contribution < -0.4 is 10.6 Å². The Bertz CT molecular complexity index is 636. The molecule has 3 N–H and O–H groups in total. The van der Waals surface area contributed by atoms with Crippen LogP contribution in [0.4, 0.5) is 0 Å². The summed E-state index contributed by atoms with van der Waals surface area (Å²) in [4.78, 5) is 26.3. The number of fused-ring (bicyclic) bond motifs is 1. The Morgan fingerprint density at radius 1 is 1.25 bits per heavy atom. The largest absolute Gasteiger partial charge is 0.355 e. The van der Waals surface area contributed by atoms with Gasteiger partial charge in [0.15, 0.2) is 0 Å². The van der Waals surface area contributed by atoms with Crippen LogP contribution in [-0.4, -0.2) is 29.9 Å². The van der Waals surface area contributed by atoms with Crippen molar-refractivity contribution in [1.29, 1.82) is 0 Å². The minimum atomic E-state index is -0.316. The summed E-state index contributed by atoms with van der Waals surface area (Å²) in [5.41, 5.74) is 1.24. The van der Waals surface area contributed by atoms with Crippen molar-refractivity contribution < 1.29 is 9.59 Å². The van der Waals surface area contributed by atoms with Gasteiger partial charge < -0.3 is 15.6 Å². The van der Waals surface area contributed by atoms with Gasteiger partial charge in [-0.1, -0.05) is 18.5 Å². The number of carbonyl (C=O) groups is 2. The number of hydrogen-bond acceptors (Lipinski definition) is 2. The van der Waals surface area contributed by atoms with Crippen LogP contribution in [0, 0.1) is 0 Å². The van der Waals surface area contributed by atoms with Crippen molar-refractivity contribution in [3.05, 3.63) is 35.0 Å². The molecule has 1 aromatic heterocycles. The van der Waals surface area contributed by atoms with Crippen LogP contribution in [0.5, 0.6) is 0 Å². The third-order valence-electron chi connectivity index (χ3n) is 2.81. The van der Waals surface area contributed by atoms with Gasteiger partial charge in [0.05, 0.1) is 6.54 Å². The highest BCUT2D eigenvalue weighted by Crippen LogP contribution is 2.19. The molecule has 0 spiro atoms. The van der Waals surface area contributed by atoms with E-state index in [1.165, 1.54) is 0 Å². The molecule has 0 aliphatic heterocycles. The maximum Gasteiger partial charge on any atom is 0.268 e. The second-order valence-electron chi connectivity index (χ2n) is 4.45. The molecule has 0 saturated carbocycles. The molecule has 1 aromatic carbocycles. The molecule has 1 heterocycles. The molecular formula is C14H16ClN3O2. The lowest BCUT2D eigenvalue weighted by molar-refractivity contribution is -0.120. The van der Waals surface area contributed by atoms with E-state index in [1.807, 2.05) is 13.0 Å². The molecule has 0 radical (unpaired) electrons. The van der Waals surface area contributed by atoms with Crippen LogP contribution in [0.3, 0.4) is 0 Å². The molecule has 106 valence electrons. The van der Waals surface area contributed by atoms with Crippen LogP contribution in [0.25, 0.3) is 10.9 Å². The summed E-state index contributed by atoms with van der Waals surface area (Å²) in [6, 6.07) is 7.04. The number of aromatic amines is 1. The van der Waals surface area contributed by atoms with Gasteiger partial charge in [-0.3, -0.25) is 9.59 Å². The molecule has 0 fully saturated rings. The highest BCUT2D eigenvalue weighted by atomic mass is 35.5. The molecule has 2 aromatic rings. The summed E-state index contributed by atoms with van der Waals surface area (Å²) in [6.45, 7) is 2.54. The minimum absolute atomic E-state index is 0.0328. The minimum Gasteiger partial charge on any atom is -0.355 e. The molecule has 2 amide bonds. The predicted molar refractivity (Wildman–Crippen MR) is 78.9 cm³/mol. The van der Waals surface area contributed by atoms with Gasteiger partial charge in [-0.2, -0.15) is 0 Å². The van der Waals surface area contributed by atoms with Crippen LogP contribution in [0.15, 0.2) is 24.3 Å². The maximum atomic E-state index is 11.9. The third-order valence-corrected chi connectivity index (χ3v) is 3.04. The lowest BCUT2D eigenvalue weighted by atomic mass is 10.2. The van der Waals surface area contributed by atoms with E-state index in [4.69, 9.17) is 11.6 Å². The van der Waals surface area contributed by atoms with Crippen molar-refractivity contribution in [3.63, 3.8) is 0 Å². The molecule has 20 heavy (non-hydrogen) atoms. The van der Waals surface area contributed by atoms with E-state index in [1.54, 1.807) is 18.2 Å². The van der Waals surface area contributed by atoms with Gasteiger partial charge in [0.25, 0.3) is 5.91 Å². The molecule has 0 bridgehead atoms. The van der Waals surface area contributed by atoms with Crippen molar-refractivity contribution in [2.75, 3.05) is 13.1 Å². The highest BCUT2D eigenvalue weighted by Gasteiger charge is 2.10. The lowest BCUT2D eigenvalue weighted by Gasteiger charge is -2.04. The summed E-state index contributed by atoms with van der Waals surface area (Å²) in [7, 11) is 0. The number of carbonyl (C=O) groups excluding carboxylic acids is 2. The van der Waals surface area contributed by atoms with Gasteiger partial charge in [-0.25, -0.2) is 0 Å². The Hall–Kier alpha value is -2.01. The summed E-state index contributed by atoms with van der Waals surface area (Å²) in [6.07, 6.45) is 0.864. The summed E-state index contributed by atoms with van der Waals surface area (Å²) in [5.74, 6) is -0.511. The van der Waals surface area contributed by atoms with Crippen LogP contribution in [0.2, 0.25) is 5.02 Å². The maximum absolute atomic E-state index is 11.9. The molecule has 0 atom stereocenters. The Morgan fingerprint density at radius 2 is 2.05 bits per heavy atom. The topological polar surface area (TPSA) is 74.0 Å². The molecule has 5 nitrogen and oxygen atoms in total. The average molecular weight is 294 g/mol. The molecule has 0 unspecified atom stereocenters. The van der Waals surface area contributed by atoms with Gasteiger partial charge >= 0.3 is 0 Å². The number of hydrogen-bond donors (Lipinski definition) is 3. The van der Waals surface area contributed by atoms with Crippen molar-refractivity contribution >= 4 is 34.3 Å². The van der Waals surface area contributed by atoms with E-state index >= 15 is 0 Å². The number of benzene rings is 1. The van der Waals surface area contributed by atoms with Crippen molar-refractivity contribution in [3.8, 4) is 0 Å². The Kier molecular flexibility index (Phi) is 4.63. The smallest absolute Gasteiger partial charge is 0.268 e. The van der Waals surface area contributed by atoms with Crippen LogP contribution in [0.1, 0.15) is 23.8 Å². The van der Waals surface area contributed by atoms with Gasteiger partial charge in [0.2, 0.25) is 5.91 Å². The first-order valence-corrected chi connectivity index (χ1v) is 6.81. The molecule has 6 heteroatoms. The number of H-pyrrole nitrogens is 1. The lowest BCUT2D eigenvalue weighted by Crippen LogP contribution is -2.37. The van der Waals surface area contributed by atoms with Gasteiger partial charge in [0.1, 0.15) is 5.69 Å². The quantitative estimate of drug-likeness (QED) is 0.789. The van der Waals surface area contributed by atoms with E-state index in [2.05, 4.69) is 15.6 Å². The number of aromatic nitrogens is 1. The number of halogens is 1. The number of amides is 2. The molecule has 0 saturated heterocycles. The van der Waals surface area contributed by atoms with E-state index in [0.29, 0.717) is 17.3 Å². The second-order valence-corrected chi connectivity index (χ2v) is 4.88. The Balaban J connectivity index is 1.99. The third kappa shape index (κ3) is 3.51. The fraction of sp³-hybridized carbons (Fsp3) is 0.286. The fourth-order valence-corrected chi connectivity index (χ4v) is 1.99. The monoisotopic (exact) mass is 293 g/mol. The normalized spacial score (nSPS) is 10.5. The van der Waals surface area contributed by atoms with Crippen LogP contribution >= 0.6 is 11.6 Å². The van der Waals surface area contributed by atoms with E-state index in [-0.39, 0.29) is 18.4 Å². The van der Waals surface area contributed by atoms with E-state index in [9.17, 15) is 9.59 Å². The zero-order valence-electron chi connectivity index (χ0n) is 11.1. The van der Waals surface area contributed by atoms with E-state index < -0.39 is 0 Å². The summed E-state index contributed by atoms with van der Waals surface area (Å²) >= 11 is 5.89. The Morgan fingerprint density at radius 3 is 2.80 bits per heavy atom. The van der Waals surface area contributed by atoms with Gasteiger partial charge in [-0.15, -0.1) is 0 Å². The SMILES string of the molecule is CCCNC(=O)CNC(=O)c1cc2cc(Cl)ccc2[nH]1. The van der Waals surface area contributed by atoms with Crippen molar-refractivity contribution in [2.24, 2.45) is 0 Å². The molecular weight excluding hydrogens is 278 g/mol. The molecule has 0 aliphatic rings. The first kappa shape index (κ1) is 14.4. The Labute approximate surface area is 121 Å².